The fourth-order valence-electron chi connectivity index (χ4n) is 3.16. The Kier molecular flexibility index (Phi) is 4.18. The summed E-state index contributed by atoms with van der Waals surface area (Å²) in [5.74, 6) is 0.426. The topological polar surface area (TPSA) is 74.4 Å². The Morgan fingerprint density at radius 3 is 2.69 bits per heavy atom. The molecule has 2 N–H and O–H groups in total. The van der Waals surface area contributed by atoms with Gasteiger partial charge in [0.25, 0.3) is 0 Å². The Bertz CT molecular complexity index is 1040. The van der Waals surface area contributed by atoms with Gasteiger partial charge >= 0.3 is 0 Å². The second-order valence-corrected chi connectivity index (χ2v) is 6.40. The maximum Gasteiger partial charge on any atom is 0.193 e. The lowest BCUT2D eigenvalue weighted by atomic mass is 10.1. The maximum absolute atomic E-state index is 10.4. The fraction of sp³-hybridized carbons (Fsp3) is 0.158. The first kappa shape index (κ1) is 16.7. The van der Waals surface area contributed by atoms with Crippen LogP contribution in [0.15, 0.2) is 65.7 Å². The minimum Gasteiger partial charge on any atom is -0.507 e. The number of hydrogen-bond donors (Lipinski definition) is 3. The van der Waals surface area contributed by atoms with Crippen molar-refractivity contribution in [3.63, 3.8) is 0 Å². The number of aliphatic hydroxyl groups excluding tert-OH is 2. The van der Waals surface area contributed by atoms with Crippen molar-refractivity contribution in [1.29, 1.82) is 0 Å². The number of rotatable bonds is 3. The van der Waals surface area contributed by atoms with Crippen molar-refractivity contribution in [2.45, 2.75) is 18.3 Å². The second-order valence-electron chi connectivity index (χ2n) is 6.00. The van der Waals surface area contributed by atoms with Crippen LogP contribution < -0.4 is 0 Å². The minimum atomic E-state index is -0.867. The van der Waals surface area contributed by atoms with E-state index in [4.69, 9.17) is 0 Å². The second kappa shape index (κ2) is 6.51. The van der Waals surface area contributed by atoms with Crippen LogP contribution in [-0.2, 0) is 0 Å². The number of fused-ring (bicyclic) bond motifs is 1. The van der Waals surface area contributed by atoms with Crippen LogP contribution in [0.4, 0.5) is 0 Å². The third-order valence-electron chi connectivity index (χ3n) is 4.48. The molecule has 0 saturated carbocycles. The summed E-state index contributed by atoms with van der Waals surface area (Å²) in [4.78, 5) is 1.70. The molecule has 1 unspecified atom stereocenters. The molecule has 0 saturated heterocycles. The molecule has 26 heavy (non-hydrogen) atoms. The van der Waals surface area contributed by atoms with E-state index >= 15 is 0 Å². The molecule has 1 aromatic heterocycles. The SMILES string of the molecule is CCN1C=C(c2nnc(S)n2-c2cccc3ccccc23)C(O)=CC1O. The van der Waals surface area contributed by atoms with Crippen LogP contribution in [0.25, 0.3) is 22.0 Å². The zero-order valence-corrected chi connectivity index (χ0v) is 15.0. The summed E-state index contributed by atoms with van der Waals surface area (Å²) in [6, 6.07) is 14.0. The Hall–Kier alpha value is -2.77. The number of thiol groups is 1. The van der Waals surface area contributed by atoms with E-state index in [1.54, 1.807) is 15.7 Å². The number of aromatic nitrogens is 3. The summed E-state index contributed by atoms with van der Waals surface area (Å²) >= 11 is 4.47. The lowest BCUT2D eigenvalue weighted by Gasteiger charge is -2.28. The molecule has 3 aromatic rings. The number of hydrogen-bond acceptors (Lipinski definition) is 6. The molecule has 0 aliphatic carbocycles. The molecule has 6 nitrogen and oxygen atoms in total. The largest absolute Gasteiger partial charge is 0.507 e. The zero-order valence-electron chi connectivity index (χ0n) is 14.1. The highest BCUT2D eigenvalue weighted by Crippen LogP contribution is 2.31. The molecule has 0 fully saturated rings. The molecular weight excluding hydrogens is 348 g/mol. The molecule has 2 aromatic carbocycles. The normalized spacial score (nSPS) is 17.3. The van der Waals surface area contributed by atoms with Crippen LogP contribution >= 0.6 is 12.6 Å². The summed E-state index contributed by atoms with van der Waals surface area (Å²) in [5.41, 5.74) is 1.36. The summed E-state index contributed by atoms with van der Waals surface area (Å²) in [5, 5.41) is 31.3. The maximum atomic E-state index is 10.4. The molecule has 0 amide bonds. The van der Waals surface area contributed by atoms with Gasteiger partial charge in [-0.25, -0.2) is 0 Å². The zero-order chi connectivity index (χ0) is 18.3. The van der Waals surface area contributed by atoms with Gasteiger partial charge in [0.1, 0.15) is 12.0 Å². The average Bonchev–Trinajstić information content (AvgIpc) is 3.02. The first-order chi connectivity index (χ1) is 12.6. The van der Waals surface area contributed by atoms with Crippen molar-refractivity contribution in [3.8, 4) is 5.69 Å². The molecule has 1 aliphatic rings. The molecule has 4 rings (SSSR count). The van der Waals surface area contributed by atoms with E-state index in [1.807, 2.05) is 49.4 Å². The van der Waals surface area contributed by atoms with E-state index in [0.29, 0.717) is 23.1 Å². The molecule has 1 aliphatic heterocycles. The highest BCUT2D eigenvalue weighted by atomic mass is 32.1. The number of allylic oxidation sites excluding steroid dienone is 1. The average molecular weight is 366 g/mol. The van der Waals surface area contributed by atoms with Gasteiger partial charge in [0, 0.05) is 24.2 Å². The Balaban J connectivity index is 1.93. The molecule has 0 radical (unpaired) electrons. The predicted molar refractivity (Wildman–Crippen MR) is 103 cm³/mol. The Morgan fingerprint density at radius 2 is 1.88 bits per heavy atom. The van der Waals surface area contributed by atoms with Gasteiger partial charge in [0.2, 0.25) is 0 Å². The monoisotopic (exact) mass is 366 g/mol. The number of nitrogens with zero attached hydrogens (tertiary/aromatic N) is 4. The van der Waals surface area contributed by atoms with E-state index in [0.717, 1.165) is 16.5 Å². The Labute approximate surface area is 156 Å². The van der Waals surface area contributed by atoms with Gasteiger partial charge in [-0.05, 0) is 18.4 Å². The Morgan fingerprint density at radius 1 is 1.12 bits per heavy atom. The number of aliphatic hydroxyl groups is 2. The van der Waals surface area contributed by atoms with Gasteiger partial charge < -0.3 is 15.1 Å². The summed E-state index contributed by atoms with van der Waals surface area (Å²) in [6.07, 6.45) is 2.21. The van der Waals surface area contributed by atoms with Gasteiger partial charge in [-0.15, -0.1) is 22.8 Å². The van der Waals surface area contributed by atoms with Gasteiger partial charge in [-0.3, -0.25) is 4.57 Å². The molecule has 2 heterocycles. The lowest BCUT2D eigenvalue weighted by Crippen LogP contribution is -2.32. The van der Waals surface area contributed by atoms with Crippen molar-refractivity contribution >= 4 is 29.0 Å². The molecule has 1 atom stereocenters. The smallest absolute Gasteiger partial charge is 0.193 e. The van der Waals surface area contributed by atoms with Gasteiger partial charge in [-0.2, -0.15) is 0 Å². The van der Waals surface area contributed by atoms with Gasteiger partial charge in [0.05, 0.1) is 11.3 Å². The van der Waals surface area contributed by atoms with E-state index in [9.17, 15) is 10.2 Å². The molecular formula is C19H18N4O2S. The third kappa shape index (κ3) is 2.65. The van der Waals surface area contributed by atoms with Crippen LogP contribution in [0.3, 0.4) is 0 Å². The van der Waals surface area contributed by atoms with Crippen LogP contribution in [0.1, 0.15) is 12.7 Å². The highest BCUT2D eigenvalue weighted by Gasteiger charge is 2.25. The van der Waals surface area contributed by atoms with E-state index < -0.39 is 6.23 Å². The summed E-state index contributed by atoms with van der Waals surface area (Å²) < 4.78 is 1.80. The predicted octanol–water partition coefficient (Wildman–Crippen LogP) is 3.15. The van der Waals surface area contributed by atoms with E-state index in [-0.39, 0.29) is 5.76 Å². The lowest BCUT2D eigenvalue weighted by molar-refractivity contribution is 0.0783. The van der Waals surface area contributed by atoms with Crippen LogP contribution in [0, 0.1) is 0 Å². The summed E-state index contributed by atoms with van der Waals surface area (Å²) in [6.45, 7) is 2.51. The van der Waals surface area contributed by atoms with Crippen molar-refractivity contribution in [1.82, 2.24) is 19.7 Å². The van der Waals surface area contributed by atoms with Crippen molar-refractivity contribution < 1.29 is 10.2 Å². The van der Waals surface area contributed by atoms with Crippen LogP contribution in [0.5, 0.6) is 0 Å². The first-order valence-electron chi connectivity index (χ1n) is 8.30. The van der Waals surface area contributed by atoms with E-state index in [1.165, 1.54) is 6.08 Å². The standard InChI is InChI=1S/C19H18N4O2S/c1-2-22-11-14(16(24)10-17(22)25)18-20-21-19(26)23(18)15-9-5-7-12-6-3-4-8-13(12)15/h3-11,17,24-25H,2H2,1H3,(H,21,26). The van der Waals surface area contributed by atoms with Crippen LogP contribution in [0.2, 0.25) is 0 Å². The van der Waals surface area contributed by atoms with Crippen molar-refractivity contribution in [2.24, 2.45) is 0 Å². The van der Waals surface area contributed by atoms with Gasteiger partial charge in [0.15, 0.2) is 11.0 Å². The van der Waals surface area contributed by atoms with E-state index in [2.05, 4.69) is 22.8 Å². The van der Waals surface area contributed by atoms with Crippen LogP contribution in [-0.4, -0.2) is 42.7 Å². The van der Waals surface area contributed by atoms with Crippen molar-refractivity contribution in [3.05, 3.63) is 66.3 Å². The number of likely N-dealkylation sites (N-methyl/N-ethyl adjacent to an activating group) is 1. The van der Waals surface area contributed by atoms with Crippen molar-refractivity contribution in [2.75, 3.05) is 6.54 Å². The molecule has 0 bridgehead atoms. The number of benzene rings is 2. The molecule has 0 spiro atoms. The third-order valence-corrected chi connectivity index (χ3v) is 4.77. The highest BCUT2D eigenvalue weighted by molar-refractivity contribution is 7.80. The quantitative estimate of drug-likeness (QED) is 0.621. The first-order valence-corrected chi connectivity index (χ1v) is 8.74. The molecule has 7 heteroatoms. The molecule has 132 valence electrons. The minimum absolute atomic E-state index is 0.0376. The summed E-state index contributed by atoms with van der Waals surface area (Å²) in [7, 11) is 0. The fourth-order valence-corrected chi connectivity index (χ4v) is 3.41. The van der Waals surface area contributed by atoms with Gasteiger partial charge in [-0.1, -0.05) is 36.4 Å².